The molecule has 1 fully saturated rings. The Bertz CT molecular complexity index is 562. The van der Waals surface area contributed by atoms with E-state index in [0.29, 0.717) is 19.4 Å². The van der Waals surface area contributed by atoms with Crippen LogP contribution < -0.4 is 4.90 Å². The molecule has 22 heavy (non-hydrogen) atoms. The summed E-state index contributed by atoms with van der Waals surface area (Å²) in [5, 5.41) is 17.8. The molecule has 0 saturated carbocycles. The summed E-state index contributed by atoms with van der Waals surface area (Å²) in [6.45, 7) is 4.11. The van der Waals surface area contributed by atoms with Gasteiger partial charge in [-0.15, -0.1) is 0 Å². The van der Waals surface area contributed by atoms with Gasteiger partial charge in [0, 0.05) is 38.7 Å². The first-order valence-electron chi connectivity index (χ1n) is 7.57. The number of nitrogens with zero attached hydrogens (tertiary/aromatic N) is 5. The summed E-state index contributed by atoms with van der Waals surface area (Å²) in [5.74, 6) is -0.415. The highest BCUT2D eigenvalue weighted by Gasteiger charge is 2.19. The van der Waals surface area contributed by atoms with Gasteiger partial charge in [0.05, 0.1) is 36.1 Å². The Balaban J connectivity index is 1.90. The van der Waals surface area contributed by atoms with Crippen LogP contribution in [-0.2, 0) is 0 Å². The third-order valence-electron chi connectivity index (χ3n) is 3.91. The van der Waals surface area contributed by atoms with E-state index in [1.54, 1.807) is 6.20 Å². The van der Waals surface area contributed by atoms with E-state index in [9.17, 15) is 4.39 Å². The zero-order valence-electron chi connectivity index (χ0n) is 12.6. The molecule has 1 aromatic rings. The van der Waals surface area contributed by atoms with Crippen LogP contribution in [0.4, 0.5) is 10.1 Å². The molecule has 0 bridgehead atoms. The number of aromatic nitrogens is 1. The van der Waals surface area contributed by atoms with Crippen molar-refractivity contribution in [3.63, 3.8) is 0 Å². The van der Waals surface area contributed by atoms with Crippen molar-refractivity contribution < 1.29 is 4.39 Å². The zero-order valence-corrected chi connectivity index (χ0v) is 12.6. The maximum atomic E-state index is 13.3. The number of nitriles is 2. The van der Waals surface area contributed by atoms with E-state index in [1.807, 2.05) is 0 Å². The number of hydrogen-bond donors (Lipinski definition) is 0. The lowest BCUT2D eigenvalue weighted by Crippen LogP contribution is -2.33. The fourth-order valence-electron chi connectivity index (χ4n) is 2.73. The lowest BCUT2D eigenvalue weighted by molar-refractivity contribution is 0.262. The van der Waals surface area contributed by atoms with Gasteiger partial charge in [0.15, 0.2) is 0 Å². The monoisotopic (exact) mass is 301 g/mol. The number of rotatable bonds is 5. The lowest BCUT2D eigenvalue weighted by atomic mass is 10.0. The van der Waals surface area contributed by atoms with E-state index in [4.69, 9.17) is 10.5 Å². The molecule has 5 nitrogen and oxygen atoms in total. The van der Waals surface area contributed by atoms with Crippen molar-refractivity contribution in [3.8, 4) is 12.1 Å². The van der Waals surface area contributed by atoms with Gasteiger partial charge < -0.3 is 9.80 Å². The summed E-state index contributed by atoms with van der Waals surface area (Å²) in [7, 11) is 0. The topological polar surface area (TPSA) is 67.0 Å². The molecule has 1 aliphatic heterocycles. The Hall–Kier alpha value is -2.18. The molecular weight excluding hydrogens is 281 g/mol. The van der Waals surface area contributed by atoms with Crippen molar-refractivity contribution in [1.82, 2.24) is 9.88 Å². The number of pyridine rings is 1. The Morgan fingerprint density at radius 3 is 2.82 bits per heavy atom. The van der Waals surface area contributed by atoms with Crippen LogP contribution in [0.15, 0.2) is 18.5 Å². The van der Waals surface area contributed by atoms with Crippen molar-refractivity contribution in [3.05, 3.63) is 24.3 Å². The molecule has 1 aromatic heterocycles. The fourth-order valence-corrected chi connectivity index (χ4v) is 2.73. The van der Waals surface area contributed by atoms with Crippen molar-refractivity contribution in [1.29, 1.82) is 10.5 Å². The summed E-state index contributed by atoms with van der Waals surface area (Å²) < 4.78 is 13.3. The fraction of sp³-hybridized carbons (Fsp3) is 0.562. The van der Waals surface area contributed by atoms with Gasteiger partial charge in [-0.25, -0.2) is 4.39 Å². The van der Waals surface area contributed by atoms with Crippen molar-refractivity contribution in [2.24, 2.45) is 5.92 Å². The van der Waals surface area contributed by atoms with Gasteiger partial charge in [0.25, 0.3) is 0 Å². The van der Waals surface area contributed by atoms with Gasteiger partial charge >= 0.3 is 0 Å². The van der Waals surface area contributed by atoms with Crippen LogP contribution in [-0.4, -0.2) is 42.6 Å². The highest BCUT2D eigenvalue weighted by Crippen LogP contribution is 2.17. The normalized spacial score (nSPS) is 17.3. The molecule has 0 spiro atoms. The third-order valence-corrected chi connectivity index (χ3v) is 3.91. The first kappa shape index (κ1) is 16.2. The molecule has 1 saturated heterocycles. The number of hydrogen-bond acceptors (Lipinski definition) is 5. The molecule has 1 aliphatic rings. The maximum Gasteiger partial charge on any atom is 0.143 e. The molecular formula is C16H20FN5. The largest absolute Gasteiger partial charge is 0.369 e. The Labute approximate surface area is 130 Å². The Morgan fingerprint density at radius 2 is 2.09 bits per heavy atom. The van der Waals surface area contributed by atoms with E-state index >= 15 is 0 Å². The predicted molar refractivity (Wildman–Crippen MR) is 81.4 cm³/mol. The number of anilines is 1. The van der Waals surface area contributed by atoms with Gasteiger partial charge in [-0.2, -0.15) is 10.5 Å². The Morgan fingerprint density at radius 1 is 1.23 bits per heavy atom. The highest BCUT2D eigenvalue weighted by atomic mass is 19.1. The van der Waals surface area contributed by atoms with E-state index in [2.05, 4.69) is 26.9 Å². The molecule has 1 atom stereocenters. The quantitative estimate of drug-likeness (QED) is 0.834. The Kier molecular flexibility index (Phi) is 6.12. The molecule has 1 unspecified atom stereocenters. The average molecular weight is 301 g/mol. The third kappa shape index (κ3) is 4.68. The molecule has 116 valence electrons. The van der Waals surface area contributed by atoms with Gasteiger partial charge in [0.2, 0.25) is 0 Å². The van der Waals surface area contributed by atoms with Gasteiger partial charge in [-0.1, -0.05) is 0 Å². The van der Waals surface area contributed by atoms with Gasteiger partial charge in [-0.3, -0.25) is 4.98 Å². The molecule has 0 amide bonds. The summed E-state index contributed by atoms with van der Waals surface area (Å²) >= 11 is 0. The summed E-state index contributed by atoms with van der Waals surface area (Å²) in [4.78, 5) is 8.29. The molecule has 0 radical (unpaired) electrons. The van der Waals surface area contributed by atoms with Gasteiger partial charge in [-0.05, 0) is 19.4 Å². The summed E-state index contributed by atoms with van der Waals surface area (Å²) in [5.41, 5.74) is 0.808. The second kappa shape index (κ2) is 8.31. The molecule has 0 aliphatic carbocycles. The molecule has 0 aromatic carbocycles. The molecule has 2 rings (SSSR count). The first-order valence-corrected chi connectivity index (χ1v) is 7.57. The van der Waals surface area contributed by atoms with Crippen LogP contribution in [0.25, 0.3) is 0 Å². The predicted octanol–water partition coefficient (Wildman–Crippen LogP) is 2.18. The summed E-state index contributed by atoms with van der Waals surface area (Å²) in [6.07, 6.45) is 4.91. The minimum Gasteiger partial charge on any atom is -0.369 e. The van der Waals surface area contributed by atoms with E-state index in [0.717, 1.165) is 38.3 Å². The van der Waals surface area contributed by atoms with Crippen LogP contribution in [0.5, 0.6) is 0 Å². The van der Waals surface area contributed by atoms with Gasteiger partial charge in [0.1, 0.15) is 5.82 Å². The van der Waals surface area contributed by atoms with Crippen LogP contribution in [0.2, 0.25) is 0 Å². The lowest BCUT2D eigenvalue weighted by Gasteiger charge is -2.24. The van der Waals surface area contributed by atoms with E-state index in [1.165, 1.54) is 12.3 Å². The zero-order chi connectivity index (χ0) is 15.8. The van der Waals surface area contributed by atoms with E-state index in [-0.39, 0.29) is 11.7 Å². The highest BCUT2D eigenvalue weighted by molar-refractivity contribution is 5.44. The molecule has 6 heteroatoms. The van der Waals surface area contributed by atoms with Crippen molar-refractivity contribution in [2.45, 2.75) is 19.3 Å². The van der Waals surface area contributed by atoms with Crippen molar-refractivity contribution in [2.75, 3.05) is 37.6 Å². The second-order valence-corrected chi connectivity index (χ2v) is 5.53. The SMILES string of the molecule is N#CCCC(C#N)CN1CCCN(c2cncc(F)c2)CC1. The van der Waals surface area contributed by atoms with Crippen molar-refractivity contribution >= 4 is 5.69 Å². The standard InChI is InChI=1S/C16H20FN5/c17-15-9-16(12-20-11-15)22-6-2-5-21(7-8-22)13-14(10-19)3-1-4-18/h9,11-12,14H,1-3,5-8,13H2. The average Bonchev–Trinajstić information content (AvgIpc) is 2.77. The minimum atomic E-state index is -0.320. The first-order chi connectivity index (χ1) is 10.7. The van der Waals surface area contributed by atoms with Crippen LogP contribution in [0.3, 0.4) is 0 Å². The maximum absolute atomic E-state index is 13.3. The van der Waals surface area contributed by atoms with Crippen LogP contribution in [0.1, 0.15) is 19.3 Å². The molecule has 2 heterocycles. The number of halogens is 1. The van der Waals surface area contributed by atoms with Crippen LogP contribution in [0, 0.1) is 34.4 Å². The second-order valence-electron chi connectivity index (χ2n) is 5.53. The smallest absolute Gasteiger partial charge is 0.143 e. The molecule has 0 N–H and O–H groups in total. The summed E-state index contributed by atoms with van der Waals surface area (Å²) in [6, 6.07) is 5.89. The van der Waals surface area contributed by atoms with Crippen LogP contribution >= 0.6 is 0 Å². The van der Waals surface area contributed by atoms with E-state index < -0.39 is 0 Å². The minimum absolute atomic E-state index is 0.0953.